The van der Waals surface area contributed by atoms with E-state index in [0.717, 1.165) is 46.2 Å². The zero-order chi connectivity index (χ0) is 37.6. The molecule has 3 aliphatic rings. The number of thiazole rings is 1. The van der Waals surface area contributed by atoms with Gasteiger partial charge in [0.1, 0.15) is 12.8 Å². The van der Waals surface area contributed by atoms with E-state index < -0.39 is 98.2 Å². The molecule has 0 saturated carbocycles. The predicted molar refractivity (Wildman–Crippen MR) is 178 cm³/mol. The SMILES string of the molecule is CO/N=C(\C(=O)NN1CCN([C@]2(C(=O)O)CN3C(=O)C(CC(=O)/C(=N\OC(C)(C)C(=O)O)c4csc(N)n4)[C@H]3S2)C1=O)c1ccc(O)c(O)c1Cl. The Morgan fingerprint density at radius 2 is 1.86 bits per heavy atom. The number of halogens is 1. The first-order valence-electron chi connectivity index (χ1n) is 14.6. The number of anilines is 1. The molecule has 0 spiro atoms. The number of nitrogens with one attached hydrogen (secondary N) is 1. The molecular formula is C28H29ClN8O12S2. The van der Waals surface area contributed by atoms with Gasteiger partial charge in [-0.15, -0.1) is 11.3 Å². The van der Waals surface area contributed by atoms with Crippen LogP contribution in [0.15, 0.2) is 27.8 Å². The van der Waals surface area contributed by atoms with Gasteiger partial charge in [-0.05, 0) is 26.0 Å². The number of benzene rings is 1. The lowest BCUT2D eigenvalue weighted by Gasteiger charge is -2.40. The average molecular weight is 769 g/mol. The van der Waals surface area contributed by atoms with Crippen LogP contribution >= 0.6 is 34.7 Å². The lowest BCUT2D eigenvalue weighted by Crippen LogP contribution is -2.60. The van der Waals surface area contributed by atoms with Crippen molar-refractivity contribution in [2.24, 2.45) is 16.2 Å². The fourth-order valence-corrected chi connectivity index (χ4v) is 7.76. The first-order valence-corrected chi connectivity index (χ1v) is 16.7. The minimum absolute atomic E-state index is 0.0146. The number of Topliss-reactive ketones (excluding diaryl/α,β-unsaturated/α-hetero) is 1. The molecule has 1 aromatic heterocycles. The first-order chi connectivity index (χ1) is 23.9. The summed E-state index contributed by atoms with van der Waals surface area (Å²) in [5.74, 6) is -7.54. The molecule has 23 heteroatoms. The second kappa shape index (κ2) is 13.8. The molecule has 3 atom stereocenters. The van der Waals surface area contributed by atoms with Crippen molar-refractivity contribution < 1.29 is 58.9 Å². The Balaban J connectivity index is 1.32. The third-order valence-corrected chi connectivity index (χ3v) is 10.8. The largest absolute Gasteiger partial charge is 0.504 e. The molecule has 1 aromatic carbocycles. The van der Waals surface area contributed by atoms with Crippen molar-refractivity contribution >= 4 is 86.8 Å². The fraction of sp³-hybridized carbons (Fsp3) is 0.393. The van der Waals surface area contributed by atoms with Crippen molar-refractivity contribution in [1.82, 2.24) is 25.2 Å². The number of hydrogen-bond acceptors (Lipinski definition) is 16. The number of carboxylic acid groups (broad SMARTS) is 2. The maximum absolute atomic E-state index is 13.6. The molecule has 20 nitrogen and oxygen atoms in total. The van der Waals surface area contributed by atoms with Crippen molar-refractivity contribution in [2.75, 3.05) is 32.5 Å². The van der Waals surface area contributed by atoms with Crippen LogP contribution < -0.4 is 11.2 Å². The smallest absolute Gasteiger partial charge is 0.350 e. The van der Waals surface area contributed by atoms with Crippen LogP contribution in [0.1, 0.15) is 31.5 Å². The molecule has 0 bridgehead atoms. The summed E-state index contributed by atoms with van der Waals surface area (Å²) in [7, 11) is 1.13. The normalized spacial score (nSPS) is 22.1. The predicted octanol–water partition coefficient (Wildman–Crippen LogP) is 0.465. The second-order valence-electron chi connectivity index (χ2n) is 11.7. The number of carboxylic acids is 2. The number of nitrogens with two attached hydrogens (primary N) is 1. The van der Waals surface area contributed by atoms with E-state index in [1.165, 1.54) is 30.2 Å². The monoisotopic (exact) mass is 768 g/mol. The lowest BCUT2D eigenvalue weighted by atomic mass is 9.90. The molecule has 1 unspecified atom stereocenters. The summed E-state index contributed by atoms with van der Waals surface area (Å²) in [5, 5.41) is 47.9. The Hall–Kier alpha value is -5.35. The molecule has 7 N–H and O–H groups in total. The summed E-state index contributed by atoms with van der Waals surface area (Å²) >= 11 is 7.83. The molecule has 4 amide bonds. The van der Waals surface area contributed by atoms with Gasteiger partial charge < -0.3 is 40.7 Å². The van der Waals surface area contributed by atoms with E-state index in [4.69, 9.17) is 27.0 Å². The minimum atomic E-state index is -2.01. The highest BCUT2D eigenvalue weighted by atomic mass is 35.5. The van der Waals surface area contributed by atoms with Crippen LogP contribution in [0, 0.1) is 5.92 Å². The third kappa shape index (κ3) is 6.63. The number of hydrogen-bond donors (Lipinski definition) is 6. The number of hydrazine groups is 1. The van der Waals surface area contributed by atoms with E-state index in [2.05, 4.69) is 20.7 Å². The van der Waals surface area contributed by atoms with Gasteiger partial charge in [0.05, 0.1) is 29.4 Å². The van der Waals surface area contributed by atoms with Crippen LogP contribution in [-0.4, -0.2) is 130 Å². The summed E-state index contributed by atoms with van der Waals surface area (Å²) in [6.07, 6.45) is -0.483. The van der Waals surface area contributed by atoms with Crippen LogP contribution in [0.25, 0.3) is 0 Å². The minimum Gasteiger partial charge on any atom is -0.504 e. The van der Waals surface area contributed by atoms with E-state index in [1.54, 1.807) is 0 Å². The lowest BCUT2D eigenvalue weighted by molar-refractivity contribution is -0.161. The second-order valence-corrected chi connectivity index (χ2v) is 14.3. The highest BCUT2D eigenvalue weighted by Crippen LogP contribution is 2.53. The molecule has 4 heterocycles. The van der Waals surface area contributed by atoms with Gasteiger partial charge >= 0.3 is 18.0 Å². The highest BCUT2D eigenvalue weighted by molar-refractivity contribution is 8.02. The average Bonchev–Trinajstić information content (AvgIpc) is 3.77. The zero-order valence-electron chi connectivity index (χ0n) is 26.7. The molecule has 3 aliphatic heterocycles. The molecule has 0 radical (unpaired) electrons. The number of thioether (sulfide) groups is 1. The Kier molecular flexibility index (Phi) is 9.96. The number of nitrogens with zero attached hydrogens (tertiary/aromatic N) is 6. The third-order valence-electron chi connectivity index (χ3n) is 8.03. The summed E-state index contributed by atoms with van der Waals surface area (Å²) in [4.78, 5) is 91.9. The number of nitrogen functional groups attached to an aromatic ring is 1. The van der Waals surface area contributed by atoms with Gasteiger partial charge in [-0.25, -0.2) is 24.4 Å². The van der Waals surface area contributed by atoms with Crippen LogP contribution in [-0.2, 0) is 33.6 Å². The maximum atomic E-state index is 13.6. The van der Waals surface area contributed by atoms with Gasteiger partial charge in [-0.3, -0.25) is 24.7 Å². The number of carbonyl (C=O) groups excluding carboxylic acids is 4. The standard InChI is InChI=1S/C28H29ClN8O12S2/c1-27(2,23(43)44)49-34-18(13-9-50-25(30)31-13)15(39)8-12-21(42)35-10-28(24(45)46,51-22(12)35)36-6-7-37(26(36)47)32-20(41)17(33-48-3)11-4-5-14(38)19(40)16(11)29/h4-5,9,12,22,38,40H,6-8,10H2,1-3H3,(H2,30,31)(H,32,41)(H,43,44)(H,45,46)/b33-17-,34-18-/t12?,22-,28-/m1/s1. The van der Waals surface area contributed by atoms with E-state index in [1.807, 2.05) is 0 Å². The Bertz CT molecular complexity index is 1900. The maximum Gasteiger partial charge on any atom is 0.350 e. The molecule has 5 rings (SSSR count). The van der Waals surface area contributed by atoms with Gasteiger partial charge in [0, 0.05) is 23.9 Å². The van der Waals surface area contributed by atoms with E-state index in [-0.39, 0.29) is 29.5 Å². The molecular weight excluding hydrogens is 740 g/mol. The zero-order valence-corrected chi connectivity index (χ0v) is 29.1. The summed E-state index contributed by atoms with van der Waals surface area (Å²) in [6, 6.07) is 1.29. The summed E-state index contributed by atoms with van der Waals surface area (Å²) in [6.45, 7) is 1.58. The number of urea groups is 1. The van der Waals surface area contributed by atoms with Gasteiger partial charge in [0.2, 0.25) is 16.4 Å². The number of aromatic nitrogens is 1. The van der Waals surface area contributed by atoms with Gasteiger partial charge in [0.15, 0.2) is 33.8 Å². The molecule has 51 heavy (non-hydrogen) atoms. The Morgan fingerprint density at radius 3 is 2.47 bits per heavy atom. The number of fused-ring (bicyclic) bond motifs is 1. The quantitative estimate of drug-likeness (QED) is 0.0699. The molecule has 3 fully saturated rings. The van der Waals surface area contributed by atoms with Gasteiger partial charge in [0.25, 0.3) is 5.91 Å². The van der Waals surface area contributed by atoms with Crippen LogP contribution in [0.3, 0.4) is 0 Å². The number of amides is 4. The number of oxime groups is 2. The number of rotatable bonds is 13. The van der Waals surface area contributed by atoms with Gasteiger partial charge in [-0.1, -0.05) is 33.7 Å². The Labute approximate surface area is 300 Å². The number of aromatic hydroxyl groups is 2. The van der Waals surface area contributed by atoms with E-state index in [9.17, 15) is 49.2 Å². The van der Waals surface area contributed by atoms with E-state index in [0.29, 0.717) is 0 Å². The van der Waals surface area contributed by atoms with Gasteiger partial charge in [-0.2, -0.15) is 0 Å². The Morgan fingerprint density at radius 1 is 1.16 bits per heavy atom. The molecule has 272 valence electrons. The van der Waals surface area contributed by atoms with Crippen molar-refractivity contribution in [3.05, 3.63) is 33.8 Å². The van der Waals surface area contributed by atoms with Crippen molar-refractivity contribution in [3.63, 3.8) is 0 Å². The number of carbonyl (C=O) groups is 6. The number of phenolic OH excluding ortho intramolecular Hbond substituents is 2. The summed E-state index contributed by atoms with van der Waals surface area (Å²) < 4.78 is 0. The van der Waals surface area contributed by atoms with Crippen molar-refractivity contribution in [1.29, 1.82) is 0 Å². The number of β-lactam (4-membered cyclic amide) rings is 1. The number of ketones is 1. The van der Waals surface area contributed by atoms with Crippen LogP contribution in [0.4, 0.5) is 9.93 Å². The van der Waals surface area contributed by atoms with Crippen molar-refractivity contribution in [2.45, 2.75) is 36.1 Å². The topological polar surface area (TPSA) is 287 Å². The van der Waals surface area contributed by atoms with Crippen LogP contribution in [0.5, 0.6) is 11.5 Å². The molecule has 0 aliphatic carbocycles. The number of phenols is 2. The summed E-state index contributed by atoms with van der Waals surface area (Å²) in [5.41, 5.74) is 5.14. The molecule has 2 aromatic rings. The highest BCUT2D eigenvalue weighted by Gasteiger charge is 2.66. The van der Waals surface area contributed by atoms with E-state index >= 15 is 0 Å². The molecule has 3 saturated heterocycles. The van der Waals surface area contributed by atoms with Crippen molar-refractivity contribution in [3.8, 4) is 11.5 Å². The number of aliphatic carboxylic acids is 2. The first kappa shape index (κ1) is 36.9. The fourth-order valence-electron chi connectivity index (χ4n) is 5.27. The van der Waals surface area contributed by atoms with Crippen LogP contribution in [0.2, 0.25) is 5.02 Å².